The van der Waals surface area contributed by atoms with E-state index in [0.29, 0.717) is 25.3 Å². The van der Waals surface area contributed by atoms with Crippen LogP contribution in [-0.2, 0) is 14.3 Å². The Bertz CT molecular complexity index is 742. The maximum absolute atomic E-state index is 12.8. The van der Waals surface area contributed by atoms with Crippen molar-refractivity contribution in [2.24, 2.45) is 0 Å². The summed E-state index contributed by atoms with van der Waals surface area (Å²) in [7, 11) is 1.60. The van der Waals surface area contributed by atoms with E-state index >= 15 is 0 Å². The molecular weight excluding hydrogens is 332 g/mol. The summed E-state index contributed by atoms with van der Waals surface area (Å²) < 4.78 is 9.98. The number of methoxy groups -OCH3 is 1. The summed E-state index contributed by atoms with van der Waals surface area (Å²) in [6.45, 7) is 2.94. The van der Waals surface area contributed by atoms with Gasteiger partial charge in [-0.2, -0.15) is 0 Å². The van der Waals surface area contributed by atoms with E-state index in [4.69, 9.17) is 9.47 Å². The van der Waals surface area contributed by atoms with Gasteiger partial charge in [0.2, 0.25) is 0 Å². The van der Waals surface area contributed by atoms with E-state index in [1.54, 1.807) is 49.5 Å². The Morgan fingerprint density at radius 3 is 2.42 bits per heavy atom. The van der Waals surface area contributed by atoms with Crippen LogP contribution in [0.25, 0.3) is 6.08 Å². The smallest absolute Gasteiger partial charge is 0.330 e. The van der Waals surface area contributed by atoms with E-state index in [-0.39, 0.29) is 11.9 Å². The number of hydrogen-bond donors (Lipinski definition) is 0. The number of benzene rings is 1. The lowest BCUT2D eigenvalue weighted by atomic mass is 10.1. The first-order valence-electron chi connectivity index (χ1n) is 8.31. The van der Waals surface area contributed by atoms with E-state index in [9.17, 15) is 9.59 Å². The third kappa shape index (κ3) is 5.53. The minimum Gasteiger partial charge on any atom is -0.463 e. The zero-order valence-corrected chi connectivity index (χ0v) is 14.9. The van der Waals surface area contributed by atoms with Gasteiger partial charge in [0, 0.05) is 43.4 Å². The SMILES string of the molecule is CCOC(=O)C=Cc1ccc(N(CCOC)C(=O)c2ccncc2)cc1. The third-order valence-corrected chi connectivity index (χ3v) is 3.59. The molecule has 2 aromatic rings. The largest absolute Gasteiger partial charge is 0.463 e. The highest BCUT2D eigenvalue weighted by Gasteiger charge is 2.17. The molecule has 1 aromatic carbocycles. The molecule has 1 heterocycles. The monoisotopic (exact) mass is 354 g/mol. The summed E-state index contributed by atoms with van der Waals surface area (Å²) in [5.74, 6) is -0.509. The topological polar surface area (TPSA) is 68.7 Å². The van der Waals surface area contributed by atoms with Crippen molar-refractivity contribution in [2.75, 3.05) is 31.8 Å². The number of nitrogens with zero attached hydrogens (tertiary/aromatic N) is 2. The summed E-state index contributed by atoms with van der Waals surface area (Å²) in [5, 5.41) is 0. The molecule has 26 heavy (non-hydrogen) atoms. The highest BCUT2D eigenvalue weighted by Crippen LogP contribution is 2.19. The molecule has 136 valence electrons. The average Bonchev–Trinajstić information content (AvgIpc) is 2.68. The molecule has 1 amide bonds. The minimum atomic E-state index is -0.383. The van der Waals surface area contributed by atoms with Crippen LogP contribution in [-0.4, -0.2) is 43.7 Å². The lowest BCUT2D eigenvalue weighted by Gasteiger charge is -2.22. The van der Waals surface area contributed by atoms with Crippen molar-refractivity contribution >= 4 is 23.6 Å². The van der Waals surface area contributed by atoms with Crippen molar-refractivity contribution in [3.05, 3.63) is 66.0 Å². The van der Waals surface area contributed by atoms with Crippen molar-refractivity contribution < 1.29 is 19.1 Å². The quantitative estimate of drug-likeness (QED) is 0.538. The van der Waals surface area contributed by atoms with Crippen molar-refractivity contribution in [1.82, 2.24) is 4.98 Å². The van der Waals surface area contributed by atoms with Crippen LogP contribution >= 0.6 is 0 Å². The highest BCUT2D eigenvalue weighted by atomic mass is 16.5. The van der Waals surface area contributed by atoms with Gasteiger partial charge in [-0.15, -0.1) is 0 Å². The molecule has 0 fully saturated rings. The number of pyridine rings is 1. The Morgan fingerprint density at radius 2 is 1.81 bits per heavy atom. The molecule has 0 N–H and O–H groups in total. The minimum absolute atomic E-state index is 0.126. The maximum atomic E-state index is 12.8. The number of ether oxygens (including phenoxy) is 2. The molecule has 1 aromatic heterocycles. The number of esters is 1. The molecule has 6 heteroatoms. The Morgan fingerprint density at radius 1 is 1.12 bits per heavy atom. The Labute approximate surface area is 153 Å². The molecule has 0 aliphatic heterocycles. The lowest BCUT2D eigenvalue weighted by Crippen LogP contribution is -2.33. The summed E-state index contributed by atoms with van der Waals surface area (Å²) in [6.07, 6.45) is 6.23. The summed E-state index contributed by atoms with van der Waals surface area (Å²) >= 11 is 0. The first-order chi connectivity index (χ1) is 12.7. The number of hydrogen-bond acceptors (Lipinski definition) is 5. The molecular formula is C20H22N2O4. The second-order valence-corrected chi connectivity index (χ2v) is 5.36. The molecule has 0 saturated heterocycles. The normalized spacial score (nSPS) is 10.7. The average molecular weight is 354 g/mol. The molecule has 0 atom stereocenters. The molecule has 0 aliphatic carbocycles. The van der Waals surface area contributed by atoms with E-state index in [0.717, 1.165) is 11.3 Å². The Balaban J connectivity index is 2.17. The van der Waals surface area contributed by atoms with Gasteiger partial charge in [-0.3, -0.25) is 9.78 Å². The van der Waals surface area contributed by atoms with Gasteiger partial charge in [-0.05, 0) is 42.8 Å². The van der Waals surface area contributed by atoms with Crippen LogP contribution in [0.3, 0.4) is 0 Å². The number of amides is 1. The van der Waals surface area contributed by atoms with Gasteiger partial charge in [0.15, 0.2) is 0 Å². The van der Waals surface area contributed by atoms with Crippen LogP contribution in [0.2, 0.25) is 0 Å². The zero-order chi connectivity index (χ0) is 18.8. The Kier molecular flexibility index (Phi) is 7.51. The number of carbonyl (C=O) groups excluding carboxylic acids is 2. The van der Waals surface area contributed by atoms with Crippen LogP contribution in [0.1, 0.15) is 22.8 Å². The molecule has 0 aliphatic rings. The lowest BCUT2D eigenvalue weighted by molar-refractivity contribution is -0.137. The predicted octanol–water partition coefficient (Wildman–Crippen LogP) is 2.95. The second-order valence-electron chi connectivity index (χ2n) is 5.36. The fourth-order valence-corrected chi connectivity index (χ4v) is 2.30. The van der Waals surface area contributed by atoms with Crippen LogP contribution in [0.5, 0.6) is 0 Å². The third-order valence-electron chi connectivity index (χ3n) is 3.59. The van der Waals surface area contributed by atoms with Gasteiger partial charge in [-0.25, -0.2) is 4.79 Å². The van der Waals surface area contributed by atoms with E-state index in [2.05, 4.69) is 4.98 Å². The number of aromatic nitrogens is 1. The van der Waals surface area contributed by atoms with Crippen molar-refractivity contribution in [3.63, 3.8) is 0 Å². The summed E-state index contributed by atoms with van der Waals surface area (Å²) in [5.41, 5.74) is 2.14. The van der Waals surface area contributed by atoms with Gasteiger partial charge in [0.1, 0.15) is 0 Å². The zero-order valence-electron chi connectivity index (χ0n) is 14.9. The fraction of sp³-hybridized carbons (Fsp3) is 0.250. The molecule has 0 radical (unpaired) electrons. The van der Waals surface area contributed by atoms with Gasteiger partial charge in [-0.1, -0.05) is 12.1 Å². The predicted molar refractivity (Wildman–Crippen MR) is 99.9 cm³/mol. The van der Waals surface area contributed by atoms with Crippen LogP contribution in [0, 0.1) is 0 Å². The maximum Gasteiger partial charge on any atom is 0.330 e. The van der Waals surface area contributed by atoms with Gasteiger partial charge < -0.3 is 14.4 Å². The summed E-state index contributed by atoms with van der Waals surface area (Å²) in [4.78, 5) is 29.8. The second kappa shape index (κ2) is 10.1. The van der Waals surface area contributed by atoms with Crippen molar-refractivity contribution in [3.8, 4) is 0 Å². The van der Waals surface area contributed by atoms with E-state index in [1.807, 2.05) is 24.3 Å². The van der Waals surface area contributed by atoms with Crippen LogP contribution < -0.4 is 4.90 Å². The molecule has 6 nitrogen and oxygen atoms in total. The standard InChI is InChI=1S/C20H22N2O4/c1-3-26-19(23)9-6-16-4-7-18(8-5-16)22(14-15-25-2)20(24)17-10-12-21-13-11-17/h4-13H,3,14-15H2,1-2H3. The van der Waals surface area contributed by atoms with Gasteiger partial charge in [0.25, 0.3) is 5.91 Å². The van der Waals surface area contributed by atoms with Crippen LogP contribution in [0.4, 0.5) is 5.69 Å². The first-order valence-corrected chi connectivity index (χ1v) is 8.31. The highest BCUT2D eigenvalue weighted by molar-refractivity contribution is 6.06. The van der Waals surface area contributed by atoms with Crippen molar-refractivity contribution in [2.45, 2.75) is 6.92 Å². The molecule has 0 spiro atoms. The molecule has 2 rings (SSSR count). The van der Waals surface area contributed by atoms with Crippen molar-refractivity contribution in [1.29, 1.82) is 0 Å². The number of anilines is 1. The first kappa shape index (κ1) is 19.3. The number of carbonyl (C=O) groups is 2. The number of rotatable bonds is 8. The van der Waals surface area contributed by atoms with E-state index < -0.39 is 0 Å². The molecule has 0 saturated carbocycles. The molecule has 0 bridgehead atoms. The van der Waals surface area contributed by atoms with E-state index in [1.165, 1.54) is 6.08 Å². The van der Waals surface area contributed by atoms with Crippen LogP contribution in [0.15, 0.2) is 54.9 Å². The molecule has 0 unspecified atom stereocenters. The Hall–Kier alpha value is -2.99. The van der Waals surface area contributed by atoms with Gasteiger partial charge in [0.05, 0.1) is 13.2 Å². The summed E-state index contributed by atoms with van der Waals surface area (Å²) in [6, 6.07) is 10.7. The fourth-order valence-electron chi connectivity index (χ4n) is 2.30. The van der Waals surface area contributed by atoms with Gasteiger partial charge >= 0.3 is 5.97 Å².